The van der Waals surface area contributed by atoms with Gasteiger partial charge in [0.15, 0.2) is 0 Å². The second-order valence-corrected chi connectivity index (χ2v) is 6.29. The molecule has 2 aliphatic heterocycles. The van der Waals surface area contributed by atoms with Crippen molar-refractivity contribution in [3.05, 3.63) is 21.9 Å². The molecule has 0 aromatic carbocycles. The molecule has 1 N–H and O–H groups in total. The van der Waals surface area contributed by atoms with E-state index >= 15 is 0 Å². The first-order chi connectivity index (χ1) is 8.70. The van der Waals surface area contributed by atoms with Gasteiger partial charge in [-0.25, -0.2) is 0 Å². The minimum absolute atomic E-state index is 0.117. The van der Waals surface area contributed by atoms with Crippen molar-refractivity contribution in [1.82, 2.24) is 0 Å². The van der Waals surface area contributed by atoms with Gasteiger partial charge >= 0.3 is 0 Å². The Bertz CT molecular complexity index is 409. The Morgan fingerprint density at radius 2 is 2.33 bits per heavy atom. The van der Waals surface area contributed by atoms with Crippen molar-refractivity contribution in [2.45, 2.75) is 37.9 Å². The maximum Gasteiger partial charge on any atom is 0.0940 e. The van der Waals surface area contributed by atoms with Crippen LogP contribution in [-0.4, -0.2) is 30.5 Å². The van der Waals surface area contributed by atoms with E-state index in [9.17, 15) is 5.11 Å². The molecule has 1 aromatic rings. The average molecular weight is 268 g/mol. The molecule has 3 nitrogen and oxygen atoms in total. The second kappa shape index (κ2) is 4.93. The summed E-state index contributed by atoms with van der Waals surface area (Å²) in [4.78, 5) is 0. The van der Waals surface area contributed by atoms with Gasteiger partial charge in [-0.15, -0.1) is 0 Å². The summed E-state index contributed by atoms with van der Waals surface area (Å²) in [6.07, 6.45) is 2.48. The zero-order valence-electron chi connectivity index (χ0n) is 10.7. The number of thiophene rings is 1. The highest BCUT2D eigenvalue weighted by Crippen LogP contribution is 2.41. The normalized spacial score (nSPS) is 34.0. The number of aliphatic hydroxyl groups is 1. The summed E-state index contributed by atoms with van der Waals surface area (Å²) in [5.41, 5.74) is 2.19. The monoisotopic (exact) mass is 268 g/mol. The predicted molar refractivity (Wildman–Crippen MR) is 70.9 cm³/mol. The molecule has 0 saturated carbocycles. The Balaban J connectivity index is 1.74. The molecule has 0 bridgehead atoms. The fourth-order valence-electron chi connectivity index (χ4n) is 3.13. The quantitative estimate of drug-likeness (QED) is 0.896. The largest absolute Gasteiger partial charge is 0.388 e. The van der Waals surface area contributed by atoms with Gasteiger partial charge in [-0.3, -0.25) is 0 Å². The number of hydrogen-bond acceptors (Lipinski definition) is 4. The van der Waals surface area contributed by atoms with E-state index in [1.165, 1.54) is 5.56 Å². The molecule has 0 amide bonds. The molecule has 2 saturated heterocycles. The van der Waals surface area contributed by atoms with E-state index in [0.29, 0.717) is 12.5 Å². The van der Waals surface area contributed by atoms with Gasteiger partial charge < -0.3 is 14.6 Å². The minimum atomic E-state index is -0.349. The van der Waals surface area contributed by atoms with Crippen LogP contribution in [0.25, 0.3) is 0 Å². The Kier molecular flexibility index (Phi) is 3.45. The molecule has 0 radical (unpaired) electrons. The minimum Gasteiger partial charge on any atom is -0.388 e. The summed E-state index contributed by atoms with van der Waals surface area (Å²) in [6, 6.07) is 0. The zero-order chi connectivity index (χ0) is 12.6. The lowest BCUT2D eigenvalue weighted by molar-refractivity contribution is -0.117. The van der Waals surface area contributed by atoms with Gasteiger partial charge in [0.05, 0.1) is 18.3 Å². The van der Waals surface area contributed by atoms with E-state index in [-0.39, 0.29) is 11.7 Å². The van der Waals surface area contributed by atoms with Crippen LogP contribution < -0.4 is 0 Å². The highest BCUT2D eigenvalue weighted by molar-refractivity contribution is 7.08. The summed E-state index contributed by atoms with van der Waals surface area (Å²) < 4.78 is 11.4. The molecule has 3 atom stereocenters. The van der Waals surface area contributed by atoms with Crippen LogP contribution >= 0.6 is 11.3 Å². The van der Waals surface area contributed by atoms with Gasteiger partial charge in [0.2, 0.25) is 0 Å². The van der Waals surface area contributed by atoms with Crippen molar-refractivity contribution < 1.29 is 14.6 Å². The Morgan fingerprint density at radius 3 is 3.00 bits per heavy atom. The van der Waals surface area contributed by atoms with Gasteiger partial charge in [-0.2, -0.15) is 11.3 Å². The molecule has 18 heavy (non-hydrogen) atoms. The van der Waals surface area contributed by atoms with Crippen molar-refractivity contribution in [3.8, 4) is 0 Å². The molecule has 1 aromatic heterocycles. The molecule has 3 heterocycles. The lowest BCUT2D eigenvalue weighted by Gasteiger charge is -2.39. The van der Waals surface area contributed by atoms with E-state index in [2.05, 4.69) is 17.7 Å². The molecular formula is C14H20O3S. The standard InChI is InChI=1S/C14H20O3S/c1-10-7-18-8-12(10)13(15)11-2-4-17-14(6-11)3-5-16-9-14/h7-8,11,13,15H,2-6,9H2,1H3. The molecule has 3 unspecified atom stereocenters. The third-order valence-corrected chi connectivity index (χ3v) is 5.14. The first kappa shape index (κ1) is 12.6. The van der Waals surface area contributed by atoms with E-state index in [0.717, 1.165) is 38.0 Å². The van der Waals surface area contributed by atoms with Crippen LogP contribution in [0, 0.1) is 12.8 Å². The summed E-state index contributed by atoms with van der Waals surface area (Å²) in [5, 5.41) is 14.7. The van der Waals surface area contributed by atoms with Gasteiger partial charge in [0, 0.05) is 19.6 Å². The number of hydrogen-bond donors (Lipinski definition) is 1. The highest BCUT2D eigenvalue weighted by atomic mass is 32.1. The molecule has 0 aliphatic carbocycles. The van der Waals surface area contributed by atoms with Crippen LogP contribution in [0.15, 0.2) is 10.8 Å². The molecular weight excluding hydrogens is 248 g/mol. The zero-order valence-corrected chi connectivity index (χ0v) is 11.5. The summed E-state index contributed by atoms with van der Waals surface area (Å²) in [5.74, 6) is 0.300. The van der Waals surface area contributed by atoms with Crippen LogP contribution in [-0.2, 0) is 9.47 Å². The lowest BCUT2D eigenvalue weighted by Crippen LogP contribution is -2.41. The fourth-order valence-corrected chi connectivity index (χ4v) is 4.01. The number of rotatable bonds is 2. The van der Waals surface area contributed by atoms with Crippen LogP contribution in [0.3, 0.4) is 0 Å². The van der Waals surface area contributed by atoms with Crippen LogP contribution in [0.4, 0.5) is 0 Å². The maximum atomic E-state index is 10.6. The first-order valence-electron chi connectivity index (χ1n) is 6.63. The van der Waals surface area contributed by atoms with Crippen molar-refractivity contribution in [1.29, 1.82) is 0 Å². The van der Waals surface area contributed by atoms with Crippen LogP contribution in [0.2, 0.25) is 0 Å². The molecule has 2 fully saturated rings. The fraction of sp³-hybridized carbons (Fsp3) is 0.714. The number of aliphatic hydroxyl groups excluding tert-OH is 1. The Morgan fingerprint density at radius 1 is 1.44 bits per heavy atom. The molecule has 3 rings (SSSR count). The van der Waals surface area contributed by atoms with E-state index in [1.54, 1.807) is 11.3 Å². The van der Waals surface area contributed by atoms with Crippen molar-refractivity contribution in [2.24, 2.45) is 5.92 Å². The lowest BCUT2D eigenvalue weighted by atomic mass is 9.80. The van der Waals surface area contributed by atoms with Gasteiger partial charge in [0.1, 0.15) is 0 Å². The molecule has 4 heteroatoms. The smallest absolute Gasteiger partial charge is 0.0940 e. The first-order valence-corrected chi connectivity index (χ1v) is 7.57. The van der Waals surface area contributed by atoms with Gasteiger partial charge in [-0.1, -0.05) is 0 Å². The maximum absolute atomic E-state index is 10.6. The summed E-state index contributed by atoms with van der Waals surface area (Å²) >= 11 is 1.67. The van der Waals surface area contributed by atoms with E-state index in [4.69, 9.17) is 9.47 Å². The van der Waals surface area contributed by atoms with Crippen molar-refractivity contribution in [3.63, 3.8) is 0 Å². The van der Waals surface area contributed by atoms with Gasteiger partial charge in [-0.05, 0) is 47.6 Å². The molecule has 2 aliphatic rings. The van der Waals surface area contributed by atoms with Gasteiger partial charge in [0.25, 0.3) is 0 Å². The molecule has 100 valence electrons. The van der Waals surface area contributed by atoms with E-state index < -0.39 is 0 Å². The second-order valence-electron chi connectivity index (χ2n) is 5.54. The Labute approximate surface area is 112 Å². The SMILES string of the molecule is Cc1cscc1C(O)C1CCOC2(CCOC2)C1. The number of aryl methyl sites for hydroxylation is 1. The third-order valence-electron chi connectivity index (χ3n) is 4.26. The average Bonchev–Trinajstić information content (AvgIpc) is 2.98. The van der Waals surface area contributed by atoms with E-state index in [1.807, 2.05) is 0 Å². The highest BCUT2D eigenvalue weighted by Gasteiger charge is 2.43. The molecule has 1 spiro atoms. The van der Waals surface area contributed by atoms with Crippen molar-refractivity contribution >= 4 is 11.3 Å². The Hall–Kier alpha value is -0.420. The number of ether oxygens (including phenoxy) is 2. The third kappa shape index (κ3) is 2.23. The predicted octanol–water partition coefficient (Wildman–Crippen LogP) is 2.68. The van der Waals surface area contributed by atoms with Crippen LogP contribution in [0.1, 0.15) is 36.5 Å². The summed E-state index contributed by atoms with van der Waals surface area (Å²) in [7, 11) is 0. The van der Waals surface area contributed by atoms with Crippen LogP contribution in [0.5, 0.6) is 0 Å². The van der Waals surface area contributed by atoms with Crippen molar-refractivity contribution in [2.75, 3.05) is 19.8 Å². The summed E-state index contributed by atoms with van der Waals surface area (Å²) in [6.45, 7) is 4.30. The topological polar surface area (TPSA) is 38.7 Å².